The monoisotopic (exact) mass is 436 g/mol. The van der Waals surface area contributed by atoms with E-state index in [-0.39, 0.29) is 5.82 Å². The summed E-state index contributed by atoms with van der Waals surface area (Å²) in [5.41, 5.74) is 1.54. The number of aromatic nitrogens is 4. The van der Waals surface area contributed by atoms with E-state index in [2.05, 4.69) is 15.2 Å². The van der Waals surface area contributed by atoms with E-state index in [9.17, 15) is 4.39 Å². The first-order chi connectivity index (χ1) is 13.1. The zero-order valence-corrected chi connectivity index (χ0v) is 16.7. The van der Waals surface area contributed by atoms with Crippen molar-refractivity contribution in [3.8, 4) is 17.1 Å². The van der Waals surface area contributed by atoms with Crippen LogP contribution < -0.4 is 0 Å². The molecule has 0 saturated heterocycles. The molecule has 0 saturated carbocycles. The molecule has 0 atom stereocenters. The Labute approximate surface area is 171 Å². The molecule has 10 heteroatoms. The summed E-state index contributed by atoms with van der Waals surface area (Å²) < 4.78 is 21.4. The summed E-state index contributed by atoms with van der Waals surface area (Å²) in [6.45, 7) is 0. The fourth-order valence-electron chi connectivity index (χ4n) is 2.22. The molecule has 4 rings (SSSR count). The maximum Gasteiger partial charge on any atom is 0.237 e. The molecule has 0 fully saturated rings. The third-order valence-corrected chi connectivity index (χ3v) is 6.09. The predicted molar refractivity (Wildman–Crippen MR) is 107 cm³/mol. The van der Waals surface area contributed by atoms with Crippen LogP contribution in [0.1, 0.15) is 5.89 Å². The minimum Gasteiger partial charge on any atom is -0.338 e. The fraction of sp³-hybridized carbons (Fsp3) is 0.0588. The average Bonchev–Trinajstić information content (AvgIpc) is 3.28. The molecule has 27 heavy (non-hydrogen) atoms. The molecule has 0 unspecified atom stereocenters. The smallest absolute Gasteiger partial charge is 0.237 e. The van der Waals surface area contributed by atoms with Crippen molar-refractivity contribution in [2.75, 3.05) is 0 Å². The first-order valence-electron chi connectivity index (χ1n) is 7.66. The summed E-state index contributed by atoms with van der Waals surface area (Å²) in [5.74, 6) is 1.02. The Hall–Kier alpha value is -2.07. The summed E-state index contributed by atoms with van der Waals surface area (Å²) in [5, 5.41) is 9.10. The third kappa shape index (κ3) is 4.27. The van der Waals surface area contributed by atoms with Crippen molar-refractivity contribution < 1.29 is 8.91 Å². The lowest BCUT2D eigenvalue weighted by molar-refractivity contribution is 0.391. The molecule has 0 N–H and O–H groups in total. The van der Waals surface area contributed by atoms with Crippen LogP contribution in [0.15, 0.2) is 57.4 Å². The van der Waals surface area contributed by atoms with Gasteiger partial charge in [-0.15, -0.1) is 5.10 Å². The van der Waals surface area contributed by atoms with Crippen LogP contribution in [-0.2, 0) is 5.75 Å². The molecular formula is C17H10ClFN4OS3. The Morgan fingerprint density at radius 1 is 1.15 bits per heavy atom. The van der Waals surface area contributed by atoms with Gasteiger partial charge >= 0.3 is 0 Å². The second kappa shape index (κ2) is 7.89. The van der Waals surface area contributed by atoms with Gasteiger partial charge < -0.3 is 4.52 Å². The fourth-order valence-corrected chi connectivity index (χ4v) is 4.54. The molecule has 5 nitrogen and oxygen atoms in total. The van der Waals surface area contributed by atoms with Crippen LogP contribution >= 0.6 is 46.9 Å². The SMILES string of the molecule is Fc1ccc(-c2noc(CSc3nn(-c4ccc(Cl)cc4)c(=S)s3)n2)cc1. The van der Waals surface area contributed by atoms with E-state index in [0.717, 1.165) is 10.0 Å². The van der Waals surface area contributed by atoms with Crippen molar-refractivity contribution in [2.45, 2.75) is 10.1 Å². The van der Waals surface area contributed by atoms with Crippen LogP contribution in [0, 0.1) is 9.77 Å². The van der Waals surface area contributed by atoms with Crippen LogP contribution in [-0.4, -0.2) is 19.9 Å². The molecule has 0 spiro atoms. The molecule has 0 bridgehead atoms. The first kappa shape index (κ1) is 18.3. The first-order valence-corrected chi connectivity index (χ1v) is 10.2. The van der Waals surface area contributed by atoms with Crippen LogP contribution in [0.5, 0.6) is 0 Å². The number of hydrogen-bond acceptors (Lipinski definition) is 7. The standard InChI is InChI=1S/C17H10ClFN4OS3/c18-11-3-7-13(8-4-11)23-17(25)27-16(21-23)26-9-14-20-15(22-24-14)10-1-5-12(19)6-2-10/h1-8H,9H2. The maximum absolute atomic E-state index is 13.0. The molecule has 0 aliphatic heterocycles. The molecule has 0 aliphatic carbocycles. The highest BCUT2D eigenvalue weighted by molar-refractivity contribution is 8.00. The number of halogens is 2. The Morgan fingerprint density at radius 2 is 1.89 bits per heavy atom. The highest BCUT2D eigenvalue weighted by Crippen LogP contribution is 2.27. The number of nitrogens with zero attached hydrogens (tertiary/aromatic N) is 4. The second-order valence-electron chi connectivity index (χ2n) is 5.33. The van der Waals surface area contributed by atoms with Gasteiger partial charge in [-0.25, -0.2) is 9.07 Å². The minimum atomic E-state index is -0.310. The van der Waals surface area contributed by atoms with E-state index < -0.39 is 0 Å². The number of hydrogen-bond donors (Lipinski definition) is 0. The predicted octanol–water partition coefficient (Wildman–Crippen LogP) is 5.80. The van der Waals surface area contributed by atoms with Gasteiger partial charge in [-0.2, -0.15) is 4.98 Å². The van der Waals surface area contributed by atoms with Crippen LogP contribution in [0.2, 0.25) is 5.02 Å². The number of benzene rings is 2. The topological polar surface area (TPSA) is 56.7 Å². The van der Waals surface area contributed by atoms with Crippen molar-refractivity contribution >= 4 is 46.9 Å². The van der Waals surface area contributed by atoms with Crippen molar-refractivity contribution in [3.05, 3.63) is 69.2 Å². The van der Waals surface area contributed by atoms with Crippen LogP contribution in [0.3, 0.4) is 0 Å². The van der Waals surface area contributed by atoms with Gasteiger partial charge in [0.15, 0.2) is 8.29 Å². The normalized spacial score (nSPS) is 11.0. The summed E-state index contributed by atoms with van der Waals surface area (Å²) in [6, 6.07) is 13.2. The van der Waals surface area contributed by atoms with E-state index >= 15 is 0 Å². The largest absolute Gasteiger partial charge is 0.338 e. The maximum atomic E-state index is 13.0. The zero-order valence-electron chi connectivity index (χ0n) is 13.5. The molecule has 0 aliphatic rings. The van der Waals surface area contributed by atoms with E-state index in [1.807, 2.05) is 12.1 Å². The zero-order chi connectivity index (χ0) is 18.8. The molecule has 2 aromatic carbocycles. The molecule has 0 amide bonds. The van der Waals surface area contributed by atoms with Gasteiger partial charge in [-0.1, -0.05) is 39.9 Å². The molecular weight excluding hydrogens is 427 g/mol. The van der Waals surface area contributed by atoms with Crippen molar-refractivity contribution in [3.63, 3.8) is 0 Å². The Bertz CT molecular complexity index is 1120. The third-order valence-electron chi connectivity index (χ3n) is 3.49. The highest BCUT2D eigenvalue weighted by atomic mass is 35.5. The summed E-state index contributed by atoms with van der Waals surface area (Å²) in [4.78, 5) is 4.33. The quantitative estimate of drug-likeness (QED) is 0.291. The second-order valence-corrected chi connectivity index (χ2v) is 8.61. The van der Waals surface area contributed by atoms with Crippen LogP contribution in [0.4, 0.5) is 4.39 Å². The average molecular weight is 437 g/mol. The van der Waals surface area contributed by atoms with E-state index in [0.29, 0.717) is 32.0 Å². The lowest BCUT2D eigenvalue weighted by atomic mass is 10.2. The van der Waals surface area contributed by atoms with E-state index in [1.165, 1.54) is 35.2 Å². The number of rotatable bonds is 5. The Kier molecular flexibility index (Phi) is 5.35. The molecule has 4 aromatic rings. The molecule has 0 radical (unpaired) electrons. The van der Waals surface area contributed by atoms with Crippen LogP contribution in [0.25, 0.3) is 17.1 Å². The van der Waals surface area contributed by atoms with Gasteiger partial charge in [0.1, 0.15) is 5.82 Å². The van der Waals surface area contributed by atoms with Crippen molar-refractivity contribution in [1.82, 2.24) is 19.9 Å². The van der Waals surface area contributed by atoms with E-state index in [1.54, 1.807) is 28.9 Å². The molecule has 2 aromatic heterocycles. The molecule has 136 valence electrons. The summed E-state index contributed by atoms with van der Waals surface area (Å²) in [7, 11) is 0. The lowest BCUT2D eigenvalue weighted by Crippen LogP contribution is -1.95. The Morgan fingerprint density at radius 3 is 2.63 bits per heavy atom. The summed E-state index contributed by atoms with van der Waals surface area (Å²) in [6.07, 6.45) is 0. The van der Waals surface area contributed by atoms with Gasteiger partial charge in [0.2, 0.25) is 11.7 Å². The van der Waals surface area contributed by atoms with Gasteiger partial charge in [0, 0.05) is 10.6 Å². The minimum absolute atomic E-state index is 0.310. The van der Waals surface area contributed by atoms with Crippen molar-refractivity contribution in [1.29, 1.82) is 0 Å². The number of thioether (sulfide) groups is 1. The van der Waals surface area contributed by atoms with Gasteiger partial charge in [0.25, 0.3) is 0 Å². The van der Waals surface area contributed by atoms with Gasteiger partial charge in [-0.3, -0.25) is 0 Å². The van der Waals surface area contributed by atoms with Crippen molar-refractivity contribution in [2.24, 2.45) is 0 Å². The Balaban J connectivity index is 1.46. The highest BCUT2D eigenvalue weighted by Gasteiger charge is 2.12. The van der Waals surface area contributed by atoms with Gasteiger partial charge in [0.05, 0.1) is 11.4 Å². The molecule has 2 heterocycles. The summed E-state index contributed by atoms with van der Waals surface area (Å²) >= 11 is 14.2. The van der Waals surface area contributed by atoms with E-state index in [4.69, 9.17) is 28.3 Å². The lowest BCUT2D eigenvalue weighted by Gasteiger charge is -1.99. The van der Waals surface area contributed by atoms with Gasteiger partial charge in [-0.05, 0) is 60.7 Å².